The molecule has 1 aromatic heterocycles. The Kier molecular flexibility index (Phi) is 5.20. The molecule has 138 valence electrons. The topological polar surface area (TPSA) is 72.7 Å². The normalized spacial score (nSPS) is 14.9. The van der Waals surface area contributed by atoms with Crippen LogP contribution in [-0.2, 0) is 4.79 Å². The fourth-order valence-electron chi connectivity index (χ4n) is 2.93. The van der Waals surface area contributed by atoms with Crippen molar-refractivity contribution in [2.75, 3.05) is 0 Å². The Bertz CT molecular complexity index is 856. The monoisotopic (exact) mass is 379 g/mol. The Labute approximate surface area is 162 Å². The third kappa shape index (κ3) is 4.19. The van der Waals surface area contributed by atoms with Gasteiger partial charge in [0.1, 0.15) is 0 Å². The van der Waals surface area contributed by atoms with Crippen molar-refractivity contribution in [1.29, 1.82) is 0 Å². The molecule has 1 heterocycles. The summed E-state index contributed by atoms with van der Waals surface area (Å²) in [5, 5.41) is 15.5. The van der Waals surface area contributed by atoms with Crippen molar-refractivity contribution < 1.29 is 4.79 Å². The van der Waals surface area contributed by atoms with Crippen LogP contribution in [0.3, 0.4) is 0 Å². The fraction of sp³-hybridized carbons (Fsp3) is 0.300. The van der Waals surface area contributed by atoms with Crippen molar-refractivity contribution in [3.05, 3.63) is 71.8 Å². The largest absolute Gasteiger partial charge is 0.344 e. The molecule has 0 radical (unpaired) electrons. The molecule has 1 aliphatic carbocycles. The average Bonchev–Trinajstić information content (AvgIpc) is 3.46. The summed E-state index contributed by atoms with van der Waals surface area (Å²) in [5.41, 5.74) is 2.11. The van der Waals surface area contributed by atoms with Crippen LogP contribution in [0.1, 0.15) is 43.0 Å². The molecule has 2 aromatic carbocycles. The van der Waals surface area contributed by atoms with Crippen molar-refractivity contribution in [3.63, 3.8) is 0 Å². The van der Waals surface area contributed by atoms with Gasteiger partial charge in [-0.15, -0.1) is 5.10 Å². The van der Waals surface area contributed by atoms with Crippen molar-refractivity contribution >= 4 is 17.7 Å². The SMILES string of the molecule is C[C@H](Sc1nnnn1C1CC1)C(=O)NC(c1ccccc1)c1ccccc1. The number of aromatic nitrogens is 4. The summed E-state index contributed by atoms with van der Waals surface area (Å²) in [5.74, 6) is -0.0388. The van der Waals surface area contributed by atoms with Crippen LogP contribution in [0.15, 0.2) is 65.8 Å². The predicted molar refractivity (Wildman–Crippen MR) is 104 cm³/mol. The summed E-state index contributed by atoms with van der Waals surface area (Å²) in [4.78, 5) is 12.9. The minimum atomic E-state index is -0.302. The maximum absolute atomic E-state index is 12.9. The highest BCUT2D eigenvalue weighted by atomic mass is 32.2. The number of hydrogen-bond donors (Lipinski definition) is 1. The first-order valence-corrected chi connectivity index (χ1v) is 9.95. The molecule has 4 rings (SSSR count). The van der Waals surface area contributed by atoms with Gasteiger partial charge in [-0.05, 0) is 41.3 Å². The van der Waals surface area contributed by atoms with Gasteiger partial charge in [-0.1, -0.05) is 72.4 Å². The van der Waals surface area contributed by atoms with E-state index < -0.39 is 0 Å². The van der Waals surface area contributed by atoms with E-state index in [-0.39, 0.29) is 17.2 Å². The van der Waals surface area contributed by atoms with E-state index in [9.17, 15) is 4.79 Å². The first-order valence-electron chi connectivity index (χ1n) is 9.07. The van der Waals surface area contributed by atoms with Crippen molar-refractivity contribution in [3.8, 4) is 0 Å². The maximum atomic E-state index is 12.9. The van der Waals surface area contributed by atoms with Crippen LogP contribution in [0.4, 0.5) is 0 Å². The van der Waals surface area contributed by atoms with Gasteiger partial charge in [0.15, 0.2) is 0 Å². The number of nitrogens with one attached hydrogen (secondary N) is 1. The minimum absolute atomic E-state index is 0.0388. The van der Waals surface area contributed by atoms with E-state index in [4.69, 9.17) is 0 Å². The van der Waals surface area contributed by atoms with E-state index in [1.54, 1.807) is 0 Å². The second-order valence-electron chi connectivity index (χ2n) is 6.66. The molecule has 0 unspecified atom stereocenters. The number of carbonyl (C=O) groups excluding carboxylic acids is 1. The zero-order chi connectivity index (χ0) is 18.6. The van der Waals surface area contributed by atoms with Crippen LogP contribution < -0.4 is 5.32 Å². The van der Waals surface area contributed by atoms with E-state index in [0.29, 0.717) is 11.2 Å². The lowest BCUT2D eigenvalue weighted by atomic mass is 9.98. The van der Waals surface area contributed by atoms with E-state index in [1.807, 2.05) is 72.3 Å². The van der Waals surface area contributed by atoms with Gasteiger partial charge >= 0.3 is 0 Å². The number of hydrogen-bond acceptors (Lipinski definition) is 5. The Morgan fingerprint density at radius 2 is 1.67 bits per heavy atom. The van der Waals surface area contributed by atoms with Gasteiger partial charge in [-0.25, -0.2) is 4.68 Å². The highest BCUT2D eigenvalue weighted by Gasteiger charge is 2.30. The molecule has 3 aromatic rings. The van der Waals surface area contributed by atoms with Crippen molar-refractivity contribution in [2.45, 2.75) is 42.3 Å². The Balaban J connectivity index is 1.50. The smallest absolute Gasteiger partial charge is 0.234 e. The Morgan fingerprint density at radius 3 is 2.22 bits per heavy atom. The van der Waals surface area contributed by atoms with E-state index in [0.717, 1.165) is 24.0 Å². The third-order valence-electron chi connectivity index (χ3n) is 4.56. The molecule has 27 heavy (non-hydrogen) atoms. The van der Waals surface area contributed by atoms with Crippen LogP contribution in [0, 0.1) is 0 Å². The van der Waals surface area contributed by atoms with E-state index in [1.165, 1.54) is 11.8 Å². The molecule has 1 amide bonds. The van der Waals surface area contributed by atoms with Crippen LogP contribution in [0.2, 0.25) is 0 Å². The molecule has 7 heteroatoms. The minimum Gasteiger partial charge on any atom is -0.344 e. The standard InChI is InChI=1S/C20H21N5OS/c1-14(27-20-22-23-24-25(20)17-12-13-17)19(26)21-18(15-8-4-2-5-9-15)16-10-6-3-7-11-16/h2-11,14,17-18H,12-13H2,1H3,(H,21,26)/t14-/m0/s1. The van der Waals surface area contributed by atoms with Crippen LogP contribution >= 0.6 is 11.8 Å². The lowest BCUT2D eigenvalue weighted by molar-refractivity contribution is -0.120. The molecule has 6 nitrogen and oxygen atoms in total. The summed E-state index contributed by atoms with van der Waals surface area (Å²) in [6, 6.07) is 20.2. The van der Waals surface area contributed by atoms with Crippen LogP contribution in [0.5, 0.6) is 0 Å². The quantitative estimate of drug-likeness (QED) is 0.637. The second kappa shape index (κ2) is 7.92. The maximum Gasteiger partial charge on any atom is 0.234 e. The average molecular weight is 379 g/mol. The number of carbonyl (C=O) groups is 1. The highest BCUT2D eigenvalue weighted by Crippen LogP contribution is 2.37. The van der Waals surface area contributed by atoms with Gasteiger partial charge < -0.3 is 5.32 Å². The second-order valence-corrected chi connectivity index (χ2v) is 7.97. The summed E-state index contributed by atoms with van der Waals surface area (Å²) in [7, 11) is 0. The molecule has 1 fully saturated rings. The number of nitrogens with zero attached hydrogens (tertiary/aromatic N) is 4. The van der Waals surface area contributed by atoms with Gasteiger partial charge in [-0.3, -0.25) is 4.79 Å². The van der Waals surface area contributed by atoms with Crippen molar-refractivity contribution in [1.82, 2.24) is 25.5 Å². The van der Waals surface area contributed by atoms with Gasteiger partial charge in [0.25, 0.3) is 0 Å². The molecule has 0 spiro atoms. The van der Waals surface area contributed by atoms with Crippen LogP contribution in [0.25, 0.3) is 0 Å². The van der Waals surface area contributed by atoms with Gasteiger partial charge in [0, 0.05) is 0 Å². The molecule has 0 aliphatic heterocycles. The molecule has 0 saturated heterocycles. The molecular weight excluding hydrogens is 358 g/mol. The molecule has 1 N–H and O–H groups in total. The zero-order valence-corrected chi connectivity index (χ0v) is 15.8. The Morgan fingerprint density at radius 1 is 1.07 bits per heavy atom. The van der Waals surface area contributed by atoms with Crippen molar-refractivity contribution in [2.24, 2.45) is 0 Å². The lowest BCUT2D eigenvalue weighted by Gasteiger charge is -2.22. The zero-order valence-electron chi connectivity index (χ0n) is 15.0. The first-order chi connectivity index (χ1) is 13.2. The third-order valence-corrected chi connectivity index (χ3v) is 5.61. The molecule has 0 bridgehead atoms. The summed E-state index contributed by atoms with van der Waals surface area (Å²) >= 11 is 1.40. The Hall–Kier alpha value is -2.67. The molecule has 1 atom stereocenters. The number of rotatable bonds is 7. The van der Waals surface area contributed by atoms with Gasteiger partial charge in [-0.2, -0.15) is 0 Å². The highest BCUT2D eigenvalue weighted by molar-refractivity contribution is 8.00. The summed E-state index contributed by atoms with van der Waals surface area (Å²) < 4.78 is 1.83. The van der Waals surface area contributed by atoms with Crippen LogP contribution in [-0.4, -0.2) is 31.4 Å². The summed E-state index contributed by atoms with van der Waals surface area (Å²) in [6.07, 6.45) is 2.20. The van der Waals surface area contributed by atoms with Gasteiger partial charge in [0.05, 0.1) is 17.3 Å². The number of amides is 1. The fourth-order valence-corrected chi connectivity index (χ4v) is 3.80. The lowest BCUT2D eigenvalue weighted by Crippen LogP contribution is -2.35. The number of thioether (sulfide) groups is 1. The predicted octanol–water partition coefficient (Wildman–Crippen LogP) is 3.39. The number of tetrazole rings is 1. The molecular formula is C20H21N5OS. The first kappa shape index (κ1) is 17.7. The van der Waals surface area contributed by atoms with E-state index >= 15 is 0 Å². The summed E-state index contributed by atoms with van der Waals surface area (Å²) in [6.45, 7) is 1.89. The van der Waals surface area contributed by atoms with Gasteiger partial charge in [0.2, 0.25) is 11.1 Å². The number of benzene rings is 2. The molecule has 1 aliphatic rings. The molecule has 1 saturated carbocycles. The van der Waals surface area contributed by atoms with E-state index in [2.05, 4.69) is 20.8 Å².